The van der Waals surface area contributed by atoms with Gasteiger partial charge in [0.15, 0.2) is 11.0 Å². The van der Waals surface area contributed by atoms with Crippen LogP contribution in [-0.2, 0) is 4.74 Å². The van der Waals surface area contributed by atoms with Crippen molar-refractivity contribution in [3.8, 4) is 0 Å². The first-order chi connectivity index (χ1) is 8.20. The average molecular weight is 256 g/mol. The van der Waals surface area contributed by atoms with Crippen molar-refractivity contribution in [1.82, 2.24) is 4.90 Å². The van der Waals surface area contributed by atoms with Crippen LogP contribution in [0.15, 0.2) is 28.2 Å². The van der Waals surface area contributed by atoms with Crippen molar-refractivity contribution in [2.45, 2.75) is 6.42 Å². The van der Waals surface area contributed by atoms with Gasteiger partial charge in [-0.3, -0.25) is 4.79 Å². The third kappa shape index (κ3) is 2.90. The molecule has 0 spiro atoms. The lowest BCUT2D eigenvalue weighted by Gasteiger charge is -2.25. The number of rotatable bonds is 3. The molecular weight excluding hydrogens is 242 g/mol. The van der Waals surface area contributed by atoms with Crippen LogP contribution in [0.25, 0.3) is 0 Å². The highest BCUT2D eigenvalue weighted by Crippen LogP contribution is 2.18. The van der Waals surface area contributed by atoms with E-state index in [2.05, 4.69) is 0 Å². The molecule has 17 heavy (non-hydrogen) atoms. The van der Waals surface area contributed by atoms with Crippen molar-refractivity contribution < 1.29 is 13.9 Å². The van der Waals surface area contributed by atoms with Crippen LogP contribution >= 0.6 is 11.6 Å². The van der Waals surface area contributed by atoms with Gasteiger partial charge in [-0.1, -0.05) is 6.08 Å². The highest BCUT2D eigenvalue weighted by molar-refractivity contribution is 6.29. The Morgan fingerprint density at radius 3 is 2.94 bits per heavy atom. The van der Waals surface area contributed by atoms with E-state index in [0.717, 1.165) is 6.42 Å². The summed E-state index contributed by atoms with van der Waals surface area (Å²) in [6, 6.07) is 3.17. The summed E-state index contributed by atoms with van der Waals surface area (Å²) in [5.74, 6) is 0.170. The molecule has 0 saturated heterocycles. The highest BCUT2D eigenvalue weighted by atomic mass is 35.5. The predicted molar refractivity (Wildman–Crippen MR) is 64.2 cm³/mol. The summed E-state index contributed by atoms with van der Waals surface area (Å²) >= 11 is 5.64. The van der Waals surface area contributed by atoms with E-state index < -0.39 is 0 Å². The van der Waals surface area contributed by atoms with Gasteiger partial charge in [-0.25, -0.2) is 0 Å². The number of hydrogen-bond donors (Lipinski definition) is 0. The largest absolute Gasteiger partial charge is 0.440 e. The molecule has 0 fully saturated rings. The second-order valence-electron chi connectivity index (χ2n) is 3.90. The number of furan rings is 1. The summed E-state index contributed by atoms with van der Waals surface area (Å²) in [7, 11) is 1.67. The first-order valence-corrected chi connectivity index (χ1v) is 5.80. The van der Waals surface area contributed by atoms with Gasteiger partial charge < -0.3 is 14.1 Å². The first kappa shape index (κ1) is 12.2. The number of methoxy groups -OCH3 is 1. The highest BCUT2D eigenvalue weighted by Gasteiger charge is 2.21. The Labute approximate surface area is 105 Å². The molecule has 0 aliphatic carbocycles. The van der Waals surface area contributed by atoms with Gasteiger partial charge in [0.25, 0.3) is 5.91 Å². The van der Waals surface area contributed by atoms with E-state index in [4.69, 9.17) is 20.8 Å². The van der Waals surface area contributed by atoms with Crippen LogP contribution in [0, 0.1) is 0 Å². The van der Waals surface area contributed by atoms with Gasteiger partial charge in [-0.15, -0.1) is 0 Å². The minimum atomic E-state index is -0.121. The van der Waals surface area contributed by atoms with Gasteiger partial charge in [0.05, 0.1) is 6.61 Å². The molecule has 2 heterocycles. The molecule has 1 aliphatic heterocycles. The summed E-state index contributed by atoms with van der Waals surface area (Å²) in [6.45, 7) is 1.91. The van der Waals surface area contributed by atoms with Crippen LogP contribution < -0.4 is 0 Å². The normalized spacial score (nSPS) is 15.9. The minimum Gasteiger partial charge on any atom is -0.440 e. The van der Waals surface area contributed by atoms with Crippen LogP contribution in [0.3, 0.4) is 0 Å². The number of halogens is 1. The maximum Gasteiger partial charge on any atom is 0.289 e. The Balaban J connectivity index is 1.99. The quantitative estimate of drug-likeness (QED) is 0.779. The molecule has 1 aromatic heterocycles. The van der Waals surface area contributed by atoms with Crippen molar-refractivity contribution in [2.24, 2.45) is 0 Å². The maximum absolute atomic E-state index is 12.0. The third-order valence-corrected chi connectivity index (χ3v) is 2.91. The van der Waals surface area contributed by atoms with Crippen molar-refractivity contribution in [1.29, 1.82) is 0 Å². The Hall–Kier alpha value is -1.26. The topological polar surface area (TPSA) is 42.7 Å². The number of carbonyl (C=O) groups is 1. The third-order valence-electron chi connectivity index (χ3n) is 2.70. The summed E-state index contributed by atoms with van der Waals surface area (Å²) < 4.78 is 10.2. The second-order valence-corrected chi connectivity index (χ2v) is 4.27. The van der Waals surface area contributed by atoms with Crippen LogP contribution in [0.4, 0.5) is 0 Å². The van der Waals surface area contributed by atoms with E-state index in [9.17, 15) is 4.79 Å². The van der Waals surface area contributed by atoms with Gasteiger partial charge in [-0.05, 0) is 35.7 Å². The van der Waals surface area contributed by atoms with E-state index in [1.54, 1.807) is 24.1 Å². The molecule has 92 valence electrons. The van der Waals surface area contributed by atoms with Crippen molar-refractivity contribution in [2.75, 3.05) is 26.8 Å². The van der Waals surface area contributed by atoms with Crippen molar-refractivity contribution >= 4 is 17.5 Å². The molecule has 0 radical (unpaired) electrons. The number of hydrogen-bond acceptors (Lipinski definition) is 3. The van der Waals surface area contributed by atoms with Crippen LogP contribution in [0.1, 0.15) is 17.0 Å². The number of amides is 1. The van der Waals surface area contributed by atoms with E-state index >= 15 is 0 Å². The second kappa shape index (κ2) is 5.38. The zero-order valence-corrected chi connectivity index (χ0v) is 10.4. The Kier molecular flexibility index (Phi) is 3.86. The maximum atomic E-state index is 12.0. The lowest BCUT2D eigenvalue weighted by Crippen LogP contribution is -2.35. The number of carbonyl (C=O) groups excluding carboxylic acids is 1. The summed E-state index contributed by atoms with van der Waals surface area (Å²) in [5.41, 5.74) is 1.23. The minimum absolute atomic E-state index is 0.121. The molecule has 0 bridgehead atoms. The van der Waals surface area contributed by atoms with Crippen LogP contribution in [-0.4, -0.2) is 37.6 Å². The Morgan fingerprint density at radius 2 is 2.41 bits per heavy atom. The first-order valence-electron chi connectivity index (χ1n) is 5.42. The average Bonchev–Trinajstić information content (AvgIpc) is 2.76. The lowest BCUT2D eigenvalue weighted by atomic mass is 10.1. The zero-order valence-electron chi connectivity index (χ0n) is 9.61. The molecule has 0 saturated carbocycles. The summed E-state index contributed by atoms with van der Waals surface area (Å²) in [5, 5.41) is 0.237. The number of ether oxygens (including phenoxy) is 1. The smallest absolute Gasteiger partial charge is 0.289 e. The summed E-state index contributed by atoms with van der Waals surface area (Å²) in [6.07, 6.45) is 2.86. The Bertz CT molecular complexity index is 439. The van der Waals surface area contributed by atoms with Gasteiger partial charge >= 0.3 is 0 Å². The molecule has 0 aromatic carbocycles. The van der Waals surface area contributed by atoms with Gasteiger partial charge in [0, 0.05) is 20.2 Å². The molecule has 5 heteroatoms. The monoisotopic (exact) mass is 255 g/mol. The van der Waals surface area contributed by atoms with Gasteiger partial charge in [0.2, 0.25) is 0 Å². The lowest BCUT2D eigenvalue weighted by molar-refractivity contribution is 0.0733. The predicted octanol–water partition coefficient (Wildman–Crippen LogP) is 2.35. The molecule has 0 N–H and O–H groups in total. The SMILES string of the molecule is COCC1=CCN(C(=O)c2ccc(Cl)o2)CC1. The van der Waals surface area contributed by atoms with Crippen molar-refractivity contribution in [3.63, 3.8) is 0 Å². The van der Waals surface area contributed by atoms with E-state index in [0.29, 0.717) is 25.5 Å². The van der Waals surface area contributed by atoms with Crippen LogP contribution in [0.5, 0.6) is 0 Å². The molecule has 2 rings (SSSR count). The number of nitrogens with zero attached hydrogens (tertiary/aromatic N) is 1. The molecular formula is C12H14ClNO3. The fourth-order valence-electron chi connectivity index (χ4n) is 1.80. The van der Waals surface area contributed by atoms with E-state index in [-0.39, 0.29) is 11.1 Å². The van der Waals surface area contributed by atoms with E-state index in [1.165, 1.54) is 5.57 Å². The van der Waals surface area contributed by atoms with Gasteiger partial charge in [0.1, 0.15) is 0 Å². The molecule has 0 unspecified atom stereocenters. The Morgan fingerprint density at radius 1 is 1.59 bits per heavy atom. The zero-order chi connectivity index (χ0) is 12.3. The molecule has 1 aromatic rings. The molecule has 1 amide bonds. The standard InChI is InChI=1S/C12H14ClNO3/c1-16-8-9-4-6-14(7-5-9)12(15)10-2-3-11(13)17-10/h2-4H,5-8H2,1H3. The molecule has 1 aliphatic rings. The fraction of sp³-hybridized carbons (Fsp3) is 0.417. The fourth-order valence-corrected chi connectivity index (χ4v) is 1.94. The summed E-state index contributed by atoms with van der Waals surface area (Å²) in [4.78, 5) is 13.7. The van der Waals surface area contributed by atoms with Gasteiger partial charge in [-0.2, -0.15) is 0 Å². The molecule has 0 atom stereocenters. The van der Waals surface area contributed by atoms with Crippen molar-refractivity contribution in [3.05, 3.63) is 34.8 Å². The van der Waals surface area contributed by atoms with E-state index in [1.807, 2.05) is 6.08 Å². The molecule has 4 nitrogen and oxygen atoms in total. The van der Waals surface area contributed by atoms with Crippen LogP contribution in [0.2, 0.25) is 5.22 Å².